The van der Waals surface area contributed by atoms with E-state index in [-0.39, 0.29) is 17.1 Å². The zero-order valence-electron chi connectivity index (χ0n) is 18.3. The summed E-state index contributed by atoms with van der Waals surface area (Å²) in [6.45, 7) is 10.1. The molecular formula is C26H24N2O2S2. The minimum Gasteiger partial charge on any atom is -0.293 e. The number of nitrogens with zero attached hydrogens (tertiary/aromatic N) is 2. The Balaban J connectivity index is 1.72. The molecule has 0 bridgehead atoms. The highest BCUT2D eigenvalue weighted by Crippen LogP contribution is 2.32. The average Bonchev–Trinajstić information content (AvgIpc) is 3.20. The van der Waals surface area contributed by atoms with E-state index in [1.165, 1.54) is 28.7 Å². The van der Waals surface area contributed by atoms with Crippen LogP contribution in [0.5, 0.6) is 0 Å². The predicted octanol–water partition coefficient (Wildman–Crippen LogP) is 6.21. The Morgan fingerprint density at radius 3 is 2.56 bits per heavy atom. The molecule has 2 heterocycles. The summed E-state index contributed by atoms with van der Waals surface area (Å²) in [4.78, 5) is 31.8. The van der Waals surface area contributed by atoms with Gasteiger partial charge in [0.05, 0.1) is 11.1 Å². The van der Waals surface area contributed by atoms with Crippen LogP contribution >= 0.6 is 23.1 Å². The Kier molecular flexibility index (Phi) is 6.44. The topological polar surface area (TPSA) is 52.0 Å². The van der Waals surface area contributed by atoms with Crippen LogP contribution in [0.2, 0.25) is 0 Å². The molecule has 0 fully saturated rings. The van der Waals surface area contributed by atoms with Gasteiger partial charge in [-0.2, -0.15) is 0 Å². The minimum absolute atomic E-state index is 0.0298. The van der Waals surface area contributed by atoms with Crippen LogP contribution in [0, 0.1) is 20.8 Å². The first-order chi connectivity index (χ1) is 15.4. The first kappa shape index (κ1) is 22.2. The van der Waals surface area contributed by atoms with E-state index in [1.807, 2.05) is 68.6 Å². The minimum atomic E-state index is -0.103. The van der Waals surface area contributed by atoms with Gasteiger partial charge in [-0.05, 0) is 38.0 Å². The standard InChI is InChI=1S/C26H24N2O2S2/c1-5-12-28-25(30)23-21(19-10-7-16(2)8-11-19)14-31-24(23)27-26(28)32-15-22(29)20-13-17(3)6-9-18(20)4/h5-11,13-14H,1,12,15H2,2-4H3. The van der Waals surface area contributed by atoms with Gasteiger partial charge >= 0.3 is 0 Å². The zero-order chi connectivity index (χ0) is 22.8. The number of hydrogen-bond acceptors (Lipinski definition) is 5. The fourth-order valence-electron chi connectivity index (χ4n) is 3.60. The van der Waals surface area contributed by atoms with Crippen LogP contribution in [0.15, 0.2) is 70.5 Å². The summed E-state index contributed by atoms with van der Waals surface area (Å²) >= 11 is 2.76. The van der Waals surface area contributed by atoms with Crippen molar-refractivity contribution in [1.29, 1.82) is 0 Å². The lowest BCUT2D eigenvalue weighted by molar-refractivity contribution is 0.102. The van der Waals surface area contributed by atoms with Crippen molar-refractivity contribution in [2.24, 2.45) is 0 Å². The second-order valence-corrected chi connectivity index (χ2v) is 9.63. The van der Waals surface area contributed by atoms with Crippen LogP contribution < -0.4 is 5.56 Å². The number of benzene rings is 2. The van der Waals surface area contributed by atoms with Crippen LogP contribution in [0.4, 0.5) is 0 Å². The molecule has 32 heavy (non-hydrogen) atoms. The first-order valence-corrected chi connectivity index (χ1v) is 12.2. The maximum atomic E-state index is 13.5. The van der Waals surface area contributed by atoms with Crippen molar-refractivity contribution in [3.63, 3.8) is 0 Å². The molecule has 0 N–H and O–H groups in total. The lowest BCUT2D eigenvalue weighted by Gasteiger charge is -2.11. The van der Waals surface area contributed by atoms with Gasteiger partial charge in [0, 0.05) is 23.1 Å². The van der Waals surface area contributed by atoms with E-state index in [0.29, 0.717) is 27.5 Å². The number of hydrogen-bond donors (Lipinski definition) is 0. The molecule has 0 spiro atoms. The van der Waals surface area contributed by atoms with Gasteiger partial charge in [-0.1, -0.05) is 65.4 Å². The van der Waals surface area contributed by atoms with Crippen LogP contribution in [0.1, 0.15) is 27.0 Å². The molecule has 2 aromatic heterocycles. The highest BCUT2D eigenvalue weighted by Gasteiger charge is 2.18. The second kappa shape index (κ2) is 9.27. The van der Waals surface area contributed by atoms with Gasteiger partial charge in [0.1, 0.15) is 4.83 Å². The summed E-state index contributed by atoms with van der Waals surface area (Å²) < 4.78 is 1.61. The molecule has 0 aliphatic carbocycles. The molecule has 0 atom stereocenters. The molecule has 0 radical (unpaired) electrons. The smallest absolute Gasteiger partial charge is 0.263 e. The number of thiophene rings is 1. The molecule has 4 aromatic rings. The zero-order valence-corrected chi connectivity index (χ0v) is 20.0. The van der Waals surface area contributed by atoms with E-state index in [2.05, 4.69) is 6.58 Å². The van der Waals surface area contributed by atoms with Crippen LogP contribution in [-0.4, -0.2) is 21.1 Å². The number of thioether (sulfide) groups is 1. The normalized spacial score (nSPS) is 11.1. The maximum absolute atomic E-state index is 13.5. The molecule has 0 saturated carbocycles. The molecule has 2 aromatic carbocycles. The Morgan fingerprint density at radius 2 is 1.84 bits per heavy atom. The molecular weight excluding hydrogens is 436 g/mol. The molecule has 6 heteroatoms. The predicted molar refractivity (Wildman–Crippen MR) is 135 cm³/mol. The van der Waals surface area contributed by atoms with E-state index in [9.17, 15) is 9.59 Å². The molecule has 0 aliphatic rings. The fraction of sp³-hybridized carbons (Fsp3) is 0.192. The van der Waals surface area contributed by atoms with Crippen molar-refractivity contribution in [2.45, 2.75) is 32.5 Å². The van der Waals surface area contributed by atoms with Gasteiger partial charge in [-0.3, -0.25) is 14.2 Å². The number of fused-ring (bicyclic) bond motifs is 1. The quantitative estimate of drug-likeness (QED) is 0.142. The molecule has 4 rings (SSSR count). The molecule has 0 aliphatic heterocycles. The van der Waals surface area contributed by atoms with Crippen molar-refractivity contribution < 1.29 is 4.79 Å². The number of allylic oxidation sites excluding steroid dienone is 1. The Morgan fingerprint density at radius 1 is 1.12 bits per heavy atom. The van der Waals surface area contributed by atoms with Crippen LogP contribution in [-0.2, 0) is 6.54 Å². The fourth-order valence-corrected chi connectivity index (χ4v) is 5.48. The van der Waals surface area contributed by atoms with E-state index in [4.69, 9.17) is 4.98 Å². The number of aromatic nitrogens is 2. The third-order valence-electron chi connectivity index (χ3n) is 5.36. The van der Waals surface area contributed by atoms with E-state index in [0.717, 1.165) is 22.3 Å². The number of Topliss-reactive ketones (excluding diaryl/α,β-unsaturated/α-hetero) is 1. The van der Waals surface area contributed by atoms with Gasteiger partial charge in [0.2, 0.25) is 0 Å². The SMILES string of the molecule is C=CCn1c(SCC(=O)c2cc(C)ccc2C)nc2scc(-c3ccc(C)cc3)c2c1=O. The summed E-state index contributed by atoms with van der Waals surface area (Å²) in [7, 11) is 0. The largest absolute Gasteiger partial charge is 0.293 e. The molecule has 4 nitrogen and oxygen atoms in total. The number of ketones is 1. The molecule has 0 unspecified atom stereocenters. The Labute approximate surface area is 195 Å². The number of carbonyl (C=O) groups is 1. The lowest BCUT2D eigenvalue weighted by Crippen LogP contribution is -2.23. The average molecular weight is 461 g/mol. The summed E-state index contributed by atoms with van der Waals surface area (Å²) in [6.07, 6.45) is 1.68. The number of carbonyl (C=O) groups excluding carboxylic acids is 1. The van der Waals surface area contributed by atoms with Gasteiger partial charge in [-0.15, -0.1) is 17.9 Å². The summed E-state index contributed by atoms with van der Waals surface area (Å²) in [5, 5.41) is 3.14. The van der Waals surface area contributed by atoms with Crippen molar-refractivity contribution in [3.8, 4) is 11.1 Å². The van der Waals surface area contributed by atoms with E-state index < -0.39 is 0 Å². The summed E-state index contributed by atoms with van der Waals surface area (Å²) in [5.41, 5.74) is 5.67. The molecule has 162 valence electrons. The van der Waals surface area contributed by atoms with Crippen molar-refractivity contribution in [1.82, 2.24) is 9.55 Å². The van der Waals surface area contributed by atoms with Gasteiger partial charge in [0.25, 0.3) is 5.56 Å². The Hall–Kier alpha value is -2.96. The van der Waals surface area contributed by atoms with Gasteiger partial charge in [0.15, 0.2) is 10.9 Å². The van der Waals surface area contributed by atoms with Crippen molar-refractivity contribution >= 4 is 39.1 Å². The summed E-state index contributed by atoms with van der Waals surface area (Å²) in [6, 6.07) is 14.0. The third-order valence-corrected chi connectivity index (χ3v) is 7.21. The van der Waals surface area contributed by atoms with Gasteiger partial charge < -0.3 is 0 Å². The highest BCUT2D eigenvalue weighted by molar-refractivity contribution is 7.99. The van der Waals surface area contributed by atoms with Crippen LogP contribution in [0.3, 0.4) is 0 Å². The first-order valence-electron chi connectivity index (χ1n) is 10.3. The third kappa shape index (κ3) is 4.33. The second-order valence-electron chi connectivity index (χ2n) is 7.82. The lowest BCUT2D eigenvalue weighted by atomic mass is 10.0. The summed E-state index contributed by atoms with van der Waals surface area (Å²) in [5.74, 6) is 0.248. The maximum Gasteiger partial charge on any atom is 0.263 e. The number of rotatable bonds is 7. The van der Waals surface area contributed by atoms with Crippen molar-refractivity contribution in [3.05, 3.63) is 93.1 Å². The monoisotopic (exact) mass is 460 g/mol. The van der Waals surface area contributed by atoms with Crippen molar-refractivity contribution in [2.75, 3.05) is 5.75 Å². The number of aryl methyl sites for hydroxylation is 3. The van der Waals surface area contributed by atoms with E-state index in [1.54, 1.807) is 10.6 Å². The highest BCUT2D eigenvalue weighted by atomic mass is 32.2. The van der Waals surface area contributed by atoms with Crippen LogP contribution in [0.25, 0.3) is 21.3 Å². The van der Waals surface area contributed by atoms with Gasteiger partial charge in [-0.25, -0.2) is 4.98 Å². The Bertz CT molecular complexity index is 1380. The molecule has 0 amide bonds. The molecule has 0 saturated heterocycles. The van der Waals surface area contributed by atoms with E-state index >= 15 is 0 Å².